The van der Waals surface area contributed by atoms with Crippen LogP contribution in [0.3, 0.4) is 0 Å². The molecule has 2 aromatic heterocycles. The number of carbonyl (C=O) groups excluding carboxylic acids is 3. The average Bonchev–Trinajstić information content (AvgIpc) is 3.27. The minimum Gasteiger partial charge on any atom is -0.356 e. The third-order valence-electron chi connectivity index (χ3n) is 5.59. The molecule has 3 heterocycles. The third kappa shape index (κ3) is 5.83. The van der Waals surface area contributed by atoms with E-state index in [9.17, 15) is 19.2 Å². The largest absolute Gasteiger partial charge is 0.356 e. The Bertz CT molecular complexity index is 1300. The summed E-state index contributed by atoms with van der Waals surface area (Å²) in [5.41, 5.74) is 1.15. The van der Waals surface area contributed by atoms with E-state index < -0.39 is 0 Å². The standard InChI is InChI=1S/C23H27N7O4S/c1-3-24-21(33)15-5-4-10-29(11-15)23-28-20-19(35-23)22(34)30(13-25-20)12-18(32)27-17-8-6-16(7-9-17)26-14(2)31/h6-9,13,15H,3-5,10-12H2,1-2H3,(H,24,33)(H,26,31)(H,27,32). The van der Waals surface area contributed by atoms with E-state index in [1.165, 1.54) is 29.2 Å². The predicted octanol–water partition coefficient (Wildman–Crippen LogP) is 1.80. The van der Waals surface area contributed by atoms with Gasteiger partial charge in [-0.2, -0.15) is 4.98 Å². The first-order valence-corrected chi connectivity index (χ1v) is 12.2. The Hall–Kier alpha value is -3.80. The molecule has 0 aliphatic carbocycles. The van der Waals surface area contributed by atoms with E-state index in [1.54, 1.807) is 24.3 Å². The van der Waals surface area contributed by atoms with Crippen LogP contribution in [0.2, 0.25) is 0 Å². The molecule has 3 amide bonds. The number of amides is 3. The quantitative estimate of drug-likeness (QED) is 0.452. The Labute approximate surface area is 205 Å². The van der Waals surface area contributed by atoms with Crippen LogP contribution in [-0.4, -0.2) is 51.9 Å². The number of fused-ring (bicyclic) bond motifs is 1. The molecular formula is C23H27N7O4S. The number of nitrogens with zero attached hydrogens (tertiary/aromatic N) is 4. The third-order valence-corrected chi connectivity index (χ3v) is 6.68. The summed E-state index contributed by atoms with van der Waals surface area (Å²) < 4.78 is 1.62. The molecule has 3 N–H and O–H groups in total. The van der Waals surface area contributed by atoms with Crippen LogP contribution in [0.5, 0.6) is 0 Å². The average molecular weight is 498 g/mol. The molecule has 1 aliphatic heterocycles. The SMILES string of the molecule is CCNC(=O)C1CCCN(c2nc3ncn(CC(=O)Nc4ccc(NC(C)=O)cc4)c(=O)c3s2)C1. The van der Waals surface area contributed by atoms with Gasteiger partial charge in [-0.15, -0.1) is 0 Å². The number of benzene rings is 1. The van der Waals surface area contributed by atoms with Gasteiger partial charge in [-0.1, -0.05) is 11.3 Å². The van der Waals surface area contributed by atoms with Gasteiger partial charge in [0.05, 0.1) is 5.92 Å². The number of nitrogens with one attached hydrogen (secondary N) is 3. The lowest BCUT2D eigenvalue weighted by atomic mass is 9.97. The van der Waals surface area contributed by atoms with Crippen molar-refractivity contribution in [3.05, 3.63) is 40.9 Å². The molecule has 1 aliphatic rings. The number of carbonyl (C=O) groups is 3. The van der Waals surface area contributed by atoms with Crippen molar-refractivity contribution < 1.29 is 14.4 Å². The zero-order valence-electron chi connectivity index (χ0n) is 19.5. The second kappa shape index (κ2) is 10.6. The van der Waals surface area contributed by atoms with Crippen LogP contribution in [0.15, 0.2) is 35.4 Å². The molecule has 0 spiro atoms. The summed E-state index contributed by atoms with van der Waals surface area (Å²) in [5.74, 6) is -0.644. The lowest BCUT2D eigenvalue weighted by molar-refractivity contribution is -0.125. The first kappa shape index (κ1) is 24.3. The maximum atomic E-state index is 13.0. The fraction of sp³-hybridized carbons (Fsp3) is 0.391. The van der Waals surface area contributed by atoms with E-state index in [0.717, 1.165) is 19.4 Å². The number of aromatic nitrogens is 3. The van der Waals surface area contributed by atoms with E-state index >= 15 is 0 Å². The van der Waals surface area contributed by atoms with Gasteiger partial charge in [0.2, 0.25) is 17.7 Å². The van der Waals surface area contributed by atoms with Crippen LogP contribution in [0, 0.1) is 5.92 Å². The Morgan fingerprint density at radius 3 is 2.54 bits per heavy atom. The van der Waals surface area contributed by atoms with Gasteiger partial charge >= 0.3 is 0 Å². The Morgan fingerprint density at radius 1 is 1.14 bits per heavy atom. The summed E-state index contributed by atoms with van der Waals surface area (Å²) in [4.78, 5) is 59.7. The van der Waals surface area contributed by atoms with Gasteiger partial charge in [-0.05, 0) is 44.0 Å². The summed E-state index contributed by atoms with van der Waals surface area (Å²) in [5, 5.41) is 8.91. The monoisotopic (exact) mass is 497 g/mol. The van der Waals surface area contributed by atoms with E-state index in [0.29, 0.717) is 39.9 Å². The van der Waals surface area contributed by atoms with Crippen molar-refractivity contribution in [1.29, 1.82) is 0 Å². The van der Waals surface area contributed by atoms with Crippen molar-refractivity contribution in [2.75, 3.05) is 35.2 Å². The first-order chi connectivity index (χ1) is 16.8. The highest BCUT2D eigenvalue weighted by molar-refractivity contribution is 7.22. The highest BCUT2D eigenvalue weighted by Gasteiger charge is 2.27. The second-order valence-electron chi connectivity index (χ2n) is 8.31. The fourth-order valence-electron chi connectivity index (χ4n) is 3.96. The van der Waals surface area contributed by atoms with Gasteiger partial charge in [0.1, 0.15) is 17.6 Å². The fourth-order valence-corrected chi connectivity index (χ4v) is 4.97. The summed E-state index contributed by atoms with van der Waals surface area (Å²) in [7, 11) is 0. The van der Waals surface area contributed by atoms with E-state index in [4.69, 9.17) is 0 Å². The van der Waals surface area contributed by atoms with Gasteiger partial charge in [0, 0.05) is 37.9 Å². The topological polar surface area (TPSA) is 138 Å². The minimum atomic E-state index is -0.383. The van der Waals surface area contributed by atoms with Gasteiger partial charge in [0.25, 0.3) is 5.56 Å². The molecule has 12 heteroatoms. The lowest BCUT2D eigenvalue weighted by Crippen LogP contribution is -2.43. The van der Waals surface area contributed by atoms with E-state index in [-0.39, 0.29) is 35.7 Å². The number of hydrogen-bond acceptors (Lipinski definition) is 8. The van der Waals surface area contributed by atoms with Crippen molar-refractivity contribution in [2.24, 2.45) is 5.92 Å². The maximum Gasteiger partial charge on any atom is 0.273 e. The summed E-state index contributed by atoms with van der Waals surface area (Å²) in [6, 6.07) is 6.67. The Balaban J connectivity index is 1.45. The molecular weight excluding hydrogens is 470 g/mol. The number of hydrogen-bond donors (Lipinski definition) is 3. The van der Waals surface area contributed by atoms with Crippen LogP contribution in [0.4, 0.5) is 16.5 Å². The Morgan fingerprint density at radius 2 is 1.86 bits per heavy atom. The number of piperidine rings is 1. The van der Waals surface area contributed by atoms with Crippen molar-refractivity contribution in [1.82, 2.24) is 19.9 Å². The highest BCUT2D eigenvalue weighted by Crippen LogP contribution is 2.29. The van der Waals surface area contributed by atoms with Crippen LogP contribution in [0.1, 0.15) is 26.7 Å². The predicted molar refractivity (Wildman–Crippen MR) is 135 cm³/mol. The van der Waals surface area contributed by atoms with Crippen molar-refractivity contribution in [2.45, 2.75) is 33.2 Å². The summed E-state index contributed by atoms with van der Waals surface area (Å²) in [6.45, 7) is 5.00. The van der Waals surface area contributed by atoms with Crippen molar-refractivity contribution in [3.63, 3.8) is 0 Å². The second-order valence-corrected chi connectivity index (χ2v) is 9.29. The zero-order chi connectivity index (χ0) is 24.9. The van der Waals surface area contributed by atoms with Crippen molar-refractivity contribution >= 4 is 55.9 Å². The molecule has 11 nitrogen and oxygen atoms in total. The normalized spacial score (nSPS) is 15.6. The molecule has 0 saturated carbocycles. The number of anilines is 3. The number of thiazole rings is 1. The molecule has 1 atom stereocenters. The summed E-state index contributed by atoms with van der Waals surface area (Å²) >= 11 is 1.23. The van der Waals surface area contributed by atoms with Crippen LogP contribution in [0.25, 0.3) is 10.3 Å². The van der Waals surface area contributed by atoms with Gasteiger partial charge in [-0.3, -0.25) is 23.7 Å². The molecule has 1 fully saturated rings. The molecule has 1 unspecified atom stereocenters. The molecule has 3 aromatic rings. The summed E-state index contributed by atoms with van der Waals surface area (Å²) in [6.07, 6.45) is 3.01. The van der Waals surface area contributed by atoms with E-state index in [1.807, 2.05) is 11.8 Å². The minimum absolute atomic E-state index is 0.0366. The molecule has 1 saturated heterocycles. The van der Waals surface area contributed by atoms with Crippen LogP contribution >= 0.6 is 11.3 Å². The molecule has 0 bridgehead atoms. The molecule has 0 radical (unpaired) electrons. The highest BCUT2D eigenvalue weighted by atomic mass is 32.1. The van der Waals surface area contributed by atoms with Crippen molar-refractivity contribution in [3.8, 4) is 0 Å². The molecule has 1 aromatic carbocycles. The smallest absolute Gasteiger partial charge is 0.273 e. The maximum absolute atomic E-state index is 13.0. The molecule has 184 valence electrons. The van der Waals surface area contributed by atoms with Gasteiger partial charge in [0.15, 0.2) is 10.8 Å². The lowest BCUT2D eigenvalue weighted by Gasteiger charge is -2.31. The zero-order valence-corrected chi connectivity index (χ0v) is 20.4. The van der Waals surface area contributed by atoms with Gasteiger partial charge in [-0.25, -0.2) is 4.98 Å². The van der Waals surface area contributed by atoms with Gasteiger partial charge < -0.3 is 20.9 Å². The Kier molecular flexibility index (Phi) is 7.39. The van der Waals surface area contributed by atoms with Crippen LogP contribution < -0.4 is 26.4 Å². The number of rotatable bonds is 7. The molecule has 4 rings (SSSR count). The first-order valence-electron chi connectivity index (χ1n) is 11.4. The van der Waals surface area contributed by atoms with Crippen LogP contribution in [-0.2, 0) is 20.9 Å². The molecule has 35 heavy (non-hydrogen) atoms. The van der Waals surface area contributed by atoms with E-state index in [2.05, 4.69) is 25.9 Å².